The number of halogens is 2. The Morgan fingerprint density at radius 3 is 2.83 bits per heavy atom. The predicted octanol–water partition coefficient (Wildman–Crippen LogP) is 6.24. The number of benzene rings is 3. The second kappa shape index (κ2) is 10.4. The Labute approximate surface area is 215 Å². The van der Waals surface area contributed by atoms with Gasteiger partial charge in [0.15, 0.2) is 6.61 Å². The van der Waals surface area contributed by atoms with Gasteiger partial charge in [-0.15, -0.1) is 11.8 Å². The van der Waals surface area contributed by atoms with Crippen LogP contribution in [0.3, 0.4) is 0 Å². The van der Waals surface area contributed by atoms with Crippen LogP contribution in [0.2, 0.25) is 5.02 Å². The number of allylic oxidation sites excluding steroid dienone is 1. The molecule has 4 aromatic rings. The first-order valence-corrected chi connectivity index (χ1v) is 12.4. The molecule has 0 saturated carbocycles. The highest BCUT2D eigenvalue weighted by atomic mass is 35.5. The van der Waals surface area contributed by atoms with Crippen molar-refractivity contribution in [1.82, 2.24) is 9.97 Å². The van der Waals surface area contributed by atoms with E-state index in [1.54, 1.807) is 42.1 Å². The first-order chi connectivity index (χ1) is 17.5. The summed E-state index contributed by atoms with van der Waals surface area (Å²) >= 11 is 7.67. The second-order valence-electron chi connectivity index (χ2n) is 8.00. The first-order valence-electron chi connectivity index (χ1n) is 11.1. The van der Waals surface area contributed by atoms with Crippen LogP contribution in [0.5, 0.6) is 5.75 Å². The minimum absolute atomic E-state index is 0.00158. The molecule has 0 saturated heterocycles. The van der Waals surface area contributed by atoms with Gasteiger partial charge in [-0.2, -0.15) is 0 Å². The molecule has 0 aliphatic carbocycles. The SMILES string of the molecule is Nc1ccc(C2=CCCS2)cc1NC(=O)COc1ccc2ncnc(Nc3ccc(F)c(Cl)c3)c2c1. The molecule has 0 radical (unpaired) electrons. The summed E-state index contributed by atoms with van der Waals surface area (Å²) in [5.41, 5.74) is 9.36. The fourth-order valence-electron chi connectivity index (χ4n) is 3.71. The van der Waals surface area contributed by atoms with Crippen LogP contribution >= 0.6 is 23.4 Å². The normalized spacial score (nSPS) is 12.9. The molecule has 36 heavy (non-hydrogen) atoms. The third-order valence-electron chi connectivity index (χ3n) is 5.48. The van der Waals surface area contributed by atoms with E-state index in [0.29, 0.717) is 39.5 Å². The van der Waals surface area contributed by atoms with E-state index in [1.807, 2.05) is 12.1 Å². The largest absolute Gasteiger partial charge is 0.484 e. The summed E-state index contributed by atoms with van der Waals surface area (Å²) in [6.07, 6.45) is 4.64. The van der Waals surface area contributed by atoms with Crippen LogP contribution in [-0.2, 0) is 4.79 Å². The average molecular weight is 522 g/mol. The van der Waals surface area contributed by atoms with E-state index in [9.17, 15) is 9.18 Å². The number of nitrogens with one attached hydrogen (secondary N) is 2. The van der Waals surface area contributed by atoms with Gasteiger partial charge in [-0.05, 0) is 60.5 Å². The van der Waals surface area contributed by atoms with Gasteiger partial charge in [0.25, 0.3) is 5.91 Å². The van der Waals surface area contributed by atoms with E-state index in [0.717, 1.165) is 17.7 Å². The lowest BCUT2D eigenvalue weighted by Gasteiger charge is -2.13. The molecular weight excluding hydrogens is 501 g/mol. The lowest BCUT2D eigenvalue weighted by atomic mass is 10.1. The van der Waals surface area contributed by atoms with Crippen LogP contribution < -0.4 is 21.1 Å². The number of hydrogen-bond donors (Lipinski definition) is 3. The molecule has 0 unspecified atom stereocenters. The number of aromatic nitrogens is 2. The maximum Gasteiger partial charge on any atom is 0.262 e. The molecule has 0 fully saturated rings. The van der Waals surface area contributed by atoms with Gasteiger partial charge in [-0.25, -0.2) is 14.4 Å². The van der Waals surface area contributed by atoms with Crippen molar-refractivity contribution in [3.05, 3.63) is 83.4 Å². The Morgan fingerprint density at radius 1 is 1.14 bits per heavy atom. The smallest absolute Gasteiger partial charge is 0.262 e. The van der Waals surface area contributed by atoms with Crippen molar-refractivity contribution < 1.29 is 13.9 Å². The number of nitrogens with two attached hydrogens (primary N) is 1. The number of fused-ring (bicyclic) bond motifs is 1. The maximum absolute atomic E-state index is 13.5. The Bertz CT molecular complexity index is 1500. The molecular formula is C26H21ClFN5O2S. The summed E-state index contributed by atoms with van der Waals surface area (Å²) in [5, 5.41) is 6.61. The van der Waals surface area contributed by atoms with Crippen molar-refractivity contribution in [3.8, 4) is 5.75 Å². The minimum Gasteiger partial charge on any atom is -0.484 e. The molecule has 2 heterocycles. The highest BCUT2D eigenvalue weighted by molar-refractivity contribution is 8.08. The van der Waals surface area contributed by atoms with Gasteiger partial charge in [0.05, 0.1) is 21.9 Å². The summed E-state index contributed by atoms with van der Waals surface area (Å²) < 4.78 is 19.2. The van der Waals surface area contributed by atoms with Crippen molar-refractivity contribution in [2.75, 3.05) is 28.7 Å². The van der Waals surface area contributed by atoms with Crippen LogP contribution in [0.4, 0.5) is 27.3 Å². The molecule has 1 amide bonds. The van der Waals surface area contributed by atoms with E-state index >= 15 is 0 Å². The van der Waals surface area contributed by atoms with Crippen molar-refractivity contribution in [3.63, 3.8) is 0 Å². The number of anilines is 4. The van der Waals surface area contributed by atoms with Crippen LogP contribution in [0.15, 0.2) is 67.0 Å². The van der Waals surface area contributed by atoms with Crippen LogP contribution in [0, 0.1) is 5.82 Å². The van der Waals surface area contributed by atoms with Crippen molar-refractivity contribution in [1.29, 1.82) is 0 Å². The van der Waals surface area contributed by atoms with Crippen molar-refractivity contribution in [2.24, 2.45) is 0 Å². The molecule has 0 bridgehead atoms. The lowest BCUT2D eigenvalue weighted by Crippen LogP contribution is -2.21. The minimum atomic E-state index is -0.508. The monoisotopic (exact) mass is 521 g/mol. The zero-order valence-electron chi connectivity index (χ0n) is 18.9. The first kappa shape index (κ1) is 23.9. The number of ether oxygens (including phenoxy) is 1. The van der Waals surface area contributed by atoms with E-state index in [2.05, 4.69) is 26.7 Å². The third-order valence-corrected chi connectivity index (χ3v) is 6.92. The van der Waals surface area contributed by atoms with Gasteiger partial charge >= 0.3 is 0 Å². The summed E-state index contributed by atoms with van der Waals surface area (Å²) in [6, 6.07) is 15.1. The molecule has 0 spiro atoms. The Kier molecular flexibility index (Phi) is 6.92. The topological polar surface area (TPSA) is 102 Å². The Balaban J connectivity index is 1.29. The molecule has 5 rings (SSSR count). The number of carbonyl (C=O) groups excluding carboxylic acids is 1. The zero-order chi connectivity index (χ0) is 25.1. The molecule has 182 valence electrons. The standard InChI is InChI=1S/C26H21ClFN5O2S/c27-19-11-16(4-6-20(19)28)32-26-18-12-17(5-8-22(18)30-14-31-26)35-13-25(34)33-23-10-15(3-7-21(23)29)24-2-1-9-36-24/h2-8,10-12,14H,1,9,13,29H2,(H,33,34)(H,30,31,32). The van der Waals surface area contributed by atoms with Gasteiger partial charge in [0, 0.05) is 21.7 Å². The van der Waals surface area contributed by atoms with Crippen molar-refractivity contribution >= 4 is 68.0 Å². The summed E-state index contributed by atoms with van der Waals surface area (Å²) in [5.74, 6) is 1.16. The summed E-state index contributed by atoms with van der Waals surface area (Å²) in [7, 11) is 0. The molecule has 1 aliphatic rings. The fraction of sp³-hybridized carbons (Fsp3) is 0.115. The molecule has 1 aromatic heterocycles. The maximum atomic E-state index is 13.5. The van der Waals surface area contributed by atoms with E-state index in [-0.39, 0.29) is 17.5 Å². The number of nitrogens with zero attached hydrogens (tertiary/aromatic N) is 2. The Hall–Kier alpha value is -3.82. The highest BCUT2D eigenvalue weighted by Crippen LogP contribution is 2.36. The molecule has 0 atom stereocenters. The van der Waals surface area contributed by atoms with E-state index in [1.165, 1.54) is 23.4 Å². The van der Waals surface area contributed by atoms with Crippen LogP contribution in [0.25, 0.3) is 15.8 Å². The Morgan fingerprint density at radius 2 is 2.03 bits per heavy atom. The average Bonchev–Trinajstić information content (AvgIpc) is 3.42. The molecule has 4 N–H and O–H groups in total. The van der Waals surface area contributed by atoms with Crippen LogP contribution in [0.1, 0.15) is 12.0 Å². The van der Waals surface area contributed by atoms with E-state index < -0.39 is 5.82 Å². The molecule has 1 aliphatic heterocycles. The number of thioether (sulfide) groups is 1. The van der Waals surface area contributed by atoms with Gasteiger partial charge in [0.2, 0.25) is 0 Å². The number of rotatable bonds is 7. The number of hydrogen-bond acceptors (Lipinski definition) is 7. The summed E-state index contributed by atoms with van der Waals surface area (Å²) in [6.45, 7) is -0.212. The van der Waals surface area contributed by atoms with Gasteiger partial charge in [-0.3, -0.25) is 4.79 Å². The molecule has 10 heteroatoms. The van der Waals surface area contributed by atoms with Gasteiger partial charge in [0.1, 0.15) is 23.7 Å². The van der Waals surface area contributed by atoms with Crippen molar-refractivity contribution in [2.45, 2.75) is 6.42 Å². The lowest BCUT2D eigenvalue weighted by molar-refractivity contribution is -0.118. The second-order valence-corrected chi connectivity index (χ2v) is 9.54. The summed E-state index contributed by atoms with van der Waals surface area (Å²) in [4.78, 5) is 22.3. The number of carbonyl (C=O) groups is 1. The number of nitrogen functional groups attached to an aromatic ring is 1. The molecule has 3 aromatic carbocycles. The highest BCUT2D eigenvalue weighted by Gasteiger charge is 2.13. The van der Waals surface area contributed by atoms with Gasteiger partial charge < -0.3 is 21.1 Å². The van der Waals surface area contributed by atoms with E-state index in [4.69, 9.17) is 22.1 Å². The van der Waals surface area contributed by atoms with Crippen LogP contribution in [-0.4, -0.2) is 28.2 Å². The number of amides is 1. The predicted molar refractivity (Wildman–Crippen MR) is 144 cm³/mol. The van der Waals surface area contributed by atoms with Gasteiger partial charge in [-0.1, -0.05) is 23.7 Å². The fourth-order valence-corrected chi connectivity index (χ4v) is 4.87. The molecule has 7 nitrogen and oxygen atoms in total. The quantitative estimate of drug-likeness (QED) is 0.247. The third kappa shape index (κ3) is 5.37. The zero-order valence-corrected chi connectivity index (χ0v) is 20.5.